The molecule has 5 rings (SSSR count). The van der Waals surface area contributed by atoms with Crippen LogP contribution >= 0.6 is 0 Å². The van der Waals surface area contributed by atoms with Gasteiger partial charge in [-0.05, 0) is 66.9 Å². The molecule has 3 fully saturated rings. The number of nitrogens with zero attached hydrogens (tertiary/aromatic N) is 1. The number of carbonyl (C=O) groups excluding carboxylic acids is 1. The highest BCUT2D eigenvalue weighted by molar-refractivity contribution is 5.79. The molecule has 4 heteroatoms. The molecule has 3 aliphatic rings. The van der Waals surface area contributed by atoms with Crippen LogP contribution in [0.25, 0.3) is 17.3 Å². The Kier molecular flexibility index (Phi) is 4.81. The van der Waals surface area contributed by atoms with Crippen LogP contribution in [0.2, 0.25) is 0 Å². The summed E-state index contributed by atoms with van der Waals surface area (Å²) in [7, 11) is 1.99. The number of fused-ring (bicyclic) bond motifs is 2. The summed E-state index contributed by atoms with van der Waals surface area (Å²) in [5.41, 5.74) is 2.83. The quantitative estimate of drug-likeness (QED) is 0.735. The van der Waals surface area contributed by atoms with E-state index in [2.05, 4.69) is 23.2 Å². The van der Waals surface area contributed by atoms with Gasteiger partial charge in [0.25, 0.3) is 0 Å². The van der Waals surface area contributed by atoms with Crippen LogP contribution in [-0.2, 0) is 4.79 Å². The zero-order valence-electron chi connectivity index (χ0n) is 17.0. The number of aromatic amines is 1. The predicted molar refractivity (Wildman–Crippen MR) is 113 cm³/mol. The van der Waals surface area contributed by atoms with E-state index in [1.165, 1.54) is 38.2 Å². The van der Waals surface area contributed by atoms with Gasteiger partial charge < -0.3 is 9.88 Å². The van der Waals surface area contributed by atoms with Crippen molar-refractivity contribution in [2.45, 2.75) is 44.6 Å². The van der Waals surface area contributed by atoms with Crippen molar-refractivity contribution in [1.29, 1.82) is 0 Å². The first-order valence-corrected chi connectivity index (χ1v) is 11.0. The molecule has 1 saturated heterocycles. The highest BCUT2D eigenvalue weighted by Crippen LogP contribution is 2.51. The van der Waals surface area contributed by atoms with Gasteiger partial charge in [0.15, 0.2) is 0 Å². The van der Waals surface area contributed by atoms with E-state index in [0.717, 1.165) is 22.9 Å². The largest absolute Gasteiger partial charge is 0.355 e. The van der Waals surface area contributed by atoms with Crippen LogP contribution in [0.15, 0.2) is 42.5 Å². The number of nitrogens with one attached hydrogen (secondary N) is 1. The second-order valence-corrected chi connectivity index (χ2v) is 9.16. The Morgan fingerprint density at radius 3 is 2.86 bits per heavy atom. The summed E-state index contributed by atoms with van der Waals surface area (Å²) >= 11 is 0. The zero-order valence-corrected chi connectivity index (χ0v) is 17.0. The Hall–Kier alpha value is -2.36. The average molecular weight is 393 g/mol. The minimum Gasteiger partial charge on any atom is -0.355 e. The molecule has 2 aliphatic carbocycles. The SMILES string of the molecule is CN1C(=O)CC2C(/C=C/c3ccc(-c4cccc(F)c4)[nH]3)C3CCCCC3CC21. The lowest BCUT2D eigenvalue weighted by molar-refractivity contribution is -0.127. The number of likely N-dealkylation sites (tertiary alicyclic amines) is 1. The molecule has 1 amide bonds. The Bertz CT molecular complexity index is 932. The van der Waals surface area contributed by atoms with Gasteiger partial charge >= 0.3 is 0 Å². The van der Waals surface area contributed by atoms with E-state index in [9.17, 15) is 9.18 Å². The Morgan fingerprint density at radius 1 is 1.14 bits per heavy atom. The summed E-state index contributed by atoms with van der Waals surface area (Å²) in [4.78, 5) is 17.9. The van der Waals surface area contributed by atoms with E-state index in [-0.39, 0.29) is 5.82 Å². The fourth-order valence-electron chi connectivity index (χ4n) is 6.18. The van der Waals surface area contributed by atoms with E-state index >= 15 is 0 Å². The van der Waals surface area contributed by atoms with Crippen LogP contribution in [0, 0.1) is 29.5 Å². The lowest BCUT2D eigenvalue weighted by atomic mass is 9.60. The minimum absolute atomic E-state index is 0.221. The molecular formula is C25H29FN2O. The maximum absolute atomic E-state index is 13.5. The molecule has 2 aromatic rings. The number of carbonyl (C=O) groups is 1. The van der Waals surface area contributed by atoms with Crippen molar-refractivity contribution in [2.24, 2.45) is 23.7 Å². The fraction of sp³-hybridized carbons (Fsp3) is 0.480. The summed E-state index contributed by atoms with van der Waals surface area (Å²) < 4.78 is 13.5. The summed E-state index contributed by atoms with van der Waals surface area (Å²) in [6.07, 6.45) is 11.7. The van der Waals surface area contributed by atoms with E-state index < -0.39 is 0 Å². The number of hydrogen-bond acceptors (Lipinski definition) is 1. The van der Waals surface area contributed by atoms with Crippen molar-refractivity contribution in [3.8, 4) is 11.3 Å². The number of H-pyrrole nitrogens is 1. The van der Waals surface area contributed by atoms with Crippen LogP contribution in [0.1, 0.15) is 44.2 Å². The van der Waals surface area contributed by atoms with Crippen molar-refractivity contribution >= 4 is 12.0 Å². The molecular weight excluding hydrogens is 363 g/mol. The maximum atomic E-state index is 13.5. The summed E-state index contributed by atoms with van der Waals surface area (Å²) in [5.74, 6) is 2.46. The number of halogens is 1. The second kappa shape index (κ2) is 7.47. The molecule has 0 bridgehead atoms. The Labute approximate surface area is 172 Å². The van der Waals surface area contributed by atoms with E-state index in [1.54, 1.807) is 12.1 Å². The molecule has 5 atom stereocenters. The number of allylic oxidation sites excluding steroid dienone is 1. The van der Waals surface area contributed by atoms with Crippen molar-refractivity contribution in [3.63, 3.8) is 0 Å². The van der Waals surface area contributed by atoms with Gasteiger partial charge in [0, 0.05) is 36.5 Å². The molecule has 2 heterocycles. The van der Waals surface area contributed by atoms with Crippen molar-refractivity contribution < 1.29 is 9.18 Å². The molecule has 29 heavy (non-hydrogen) atoms. The summed E-state index contributed by atoms with van der Waals surface area (Å²) in [5, 5.41) is 0. The van der Waals surface area contributed by atoms with Gasteiger partial charge in [-0.15, -0.1) is 0 Å². The summed E-state index contributed by atoms with van der Waals surface area (Å²) in [6, 6.07) is 11.1. The molecule has 3 nitrogen and oxygen atoms in total. The van der Waals surface area contributed by atoms with Crippen molar-refractivity contribution in [3.05, 3.63) is 54.0 Å². The van der Waals surface area contributed by atoms with E-state index in [0.29, 0.717) is 36.1 Å². The smallest absolute Gasteiger partial charge is 0.222 e. The highest BCUT2D eigenvalue weighted by Gasteiger charge is 2.50. The van der Waals surface area contributed by atoms with Gasteiger partial charge in [0.05, 0.1) is 0 Å². The first kappa shape index (κ1) is 18.7. The van der Waals surface area contributed by atoms with E-state index in [1.807, 2.05) is 24.1 Å². The zero-order chi connectivity index (χ0) is 20.0. The van der Waals surface area contributed by atoms with Gasteiger partial charge in [-0.2, -0.15) is 0 Å². The van der Waals surface area contributed by atoms with Crippen LogP contribution in [0.4, 0.5) is 4.39 Å². The van der Waals surface area contributed by atoms with Crippen LogP contribution in [0.3, 0.4) is 0 Å². The lowest BCUT2D eigenvalue weighted by Crippen LogP contribution is -2.45. The predicted octanol–water partition coefficient (Wildman–Crippen LogP) is 5.51. The molecule has 152 valence electrons. The van der Waals surface area contributed by atoms with E-state index in [4.69, 9.17) is 0 Å². The number of amides is 1. The molecule has 1 aromatic heterocycles. The Morgan fingerprint density at radius 2 is 2.00 bits per heavy atom. The number of rotatable bonds is 3. The van der Waals surface area contributed by atoms with Gasteiger partial charge in [0.2, 0.25) is 5.91 Å². The monoisotopic (exact) mass is 392 g/mol. The van der Waals surface area contributed by atoms with Crippen LogP contribution in [-0.4, -0.2) is 28.9 Å². The third-order valence-corrected chi connectivity index (χ3v) is 7.64. The molecule has 1 N–H and O–H groups in total. The van der Waals surface area contributed by atoms with Crippen molar-refractivity contribution in [2.75, 3.05) is 7.05 Å². The highest BCUT2D eigenvalue weighted by atomic mass is 19.1. The molecule has 5 unspecified atom stereocenters. The van der Waals surface area contributed by atoms with Crippen LogP contribution < -0.4 is 0 Å². The maximum Gasteiger partial charge on any atom is 0.222 e. The molecule has 1 aromatic carbocycles. The van der Waals surface area contributed by atoms with Crippen LogP contribution in [0.5, 0.6) is 0 Å². The molecule has 2 saturated carbocycles. The third kappa shape index (κ3) is 3.43. The van der Waals surface area contributed by atoms with Gasteiger partial charge in [-0.3, -0.25) is 4.79 Å². The lowest BCUT2D eigenvalue weighted by Gasteiger charge is -2.47. The van der Waals surface area contributed by atoms with Gasteiger partial charge in [0.1, 0.15) is 5.82 Å². The minimum atomic E-state index is -0.221. The molecule has 0 radical (unpaired) electrons. The fourth-order valence-corrected chi connectivity index (χ4v) is 6.18. The number of benzene rings is 1. The first-order valence-electron chi connectivity index (χ1n) is 11.0. The van der Waals surface area contributed by atoms with Crippen molar-refractivity contribution in [1.82, 2.24) is 9.88 Å². The standard InChI is InChI=1S/C25H29FN2O/c1-28-24-14-16-5-2-3-8-20(16)21(22(24)15-25(28)29)11-9-19-10-12-23(27-19)17-6-4-7-18(26)13-17/h4,6-7,9-13,16,20-22,24,27H,2-3,5,8,14-15H2,1H3/b11-9+. The topological polar surface area (TPSA) is 36.1 Å². The Balaban J connectivity index is 1.40. The third-order valence-electron chi connectivity index (χ3n) is 7.64. The summed E-state index contributed by atoms with van der Waals surface area (Å²) in [6.45, 7) is 0. The first-order chi connectivity index (χ1) is 14.1. The molecule has 0 spiro atoms. The van der Waals surface area contributed by atoms with Gasteiger partial charge in [-0.25, -0.2) is 4.39 Å². The number of aromatic nitrogens is 1. The number of hydrogen-bond donors (Lipinski definition) is 1. The normalized spacial score (nSPS) is 31.9. The second-order valence-electron chi connectivity index (χ2n) is 9.16. The molecule has 1 aliphatic heterocycles. The van der Waals surface area contributed by atoms with Gasteiger partial charge in [-0.1, -0.05) is 37.5 Å². The average Bonchev–Trinajstić information content (AvgIpc) is 3.31.